The fourth-order valence-electron chi connectivity index (χ4n) is 3.06. The number of nitrogens with two attached hydrogens (primary N) is 1. The molecule has 4 nitrogen and oxygen atoms in total. The van der Waals surface area contributed by atoms with Crippen LogP contribution < -0.4 is 5.73 Å². The van der Waals surface area contributed by atoms with Crippen LogP contribution in [0, 0.1) is 12.7 Å². The van der Waals surface area contributed by atoms with E-state index in [1.54, 1.807) is 24.3 Å². The summed E-state index contributed by atoms with van der Waals surface area (Å²) in [5, 5.41) is 0.439. The summed E-state index contributed by atoms with van der Waals surface area (Å²) in [5.74, 6) is -0.297. The number of nitrogens with zero attached hydrogens (tertiary/aromatic N) is 2. The Balaban J connectivity index is 0.00000182. The Morgan fingerprint density at radius 3 is 2.44 bits per heavy atom. The minimum atomic E-state index is -0.290. The van der Waals surface area contributed by atoms with Gasteiger partial charge < -0.3 is 10.6 Å². The first-order chi connectivity index (χ1) is 12.0. The smallest absolute Gasteiger partial charge is 0.254 e. The zero-order valence-electron chi connectivity index (χ0n) is 15.0. The molecule has 0 aliphatic carbocycles. The van der Waals surface area contributed by atoms with Crippen molar-refractivity contribution in [2.75, 3.05) is 31.9 Å². The van der Waals surface area contributed by atoms with Gasteiger partial charge in [-0.3, -0.25) is 9.69 Å². The second kappa shape index (κ2) is 10.1. The van der Waals surface area contributed by atoms with Crippen LogP contribution in [0.1, 0.15) is 21.5 Å². The first-order valence-corrected chi connectivity index (χ1v) is 8.64. The molecule has 1 aliphatic rings. The number of anilines is 1. The van der Waals surface area contributed by atoms with Crippen molar-refractivity contribution in [3.63, 3.8) is 0 Å². The molecule has 2 aromatic rings. The third kappa shape index (κ3) is 5.48. The van der Waals surface area contributed by atoms with Crippen LogP contribution in [0.5, 0.6) is 0 Å². The van der Waals surface area contributed by atoms with Gasteiger partial charge in [-0.15, -0.1) is 24.8 Å². The van der Waals surface area contributed by atoms with Gasteiger partial charge in [0, 0.05) is 54.6 Å². The molecular formula is C19H23Cl3FN3O. The van der Waals surface area contributed by atoms with Crippen molar-refractivity contribution in [2.24, 2.45) is 0 Å². The van der Waals surface area contributed by atoms with E-state index >= 15 is 0 Å². The lowest BCUT2D eigenvalue weighted by Gasteiger charge is -2.35. The summed E-state index contributed by atoms with van der Waals surface area (Å²) in [5.41, 5.74) is 8.46. The third-order valence-corrected chi connectivity index (χ3v) is 4.95. The van der Waals surface area contributed by atoms with Gasteiger partial charge in [0.2, 0.25) is 0 Å². The molecule has 1 aliphatic heterocycles. The maximum Gasteiger partial charge on any atom is 0.254 e. The summed E-state index contributed by atoms with van der Waals surface area (Å²) < 4.78 is 13.9. The second-order valence-corrected chi connectivity index (χ2v) is 6.75. The summed E-state index contributed by atoms with van der Waals surface area (Å²) in [6, 6.07) is 10.1. The highest BCUT2D eigenvalue weighted by molar-refractivity contribution is 6.31. The van der Waals surface area contributed by atoms with Gasteiger partial charge >= 0.3 is 0 Å². The highest BCUT2D eigenvalue weighted by Gasteiger charge is 2.24. The standard InChI is InChI=1S/C19H21ClFN3O.2ClH/c1-13-5-6-14(22)11-15(13)19(25)24-9-7-23(8-10-24)12-16-17(20)3-2-4-18(16)21;;/h2-6,11H,7-10,12,22H2,1H3;2*1H. The lowest BCUT2D eigenvalue weighted by atomic mass is 10.1. The molecule has 1 saturated heterocycles. The van der Waals surface area contributed by atoms with Crippen LogP contribution in [-0.2, 0) is 6.54 Å². The molecular weight excluding hydrogens is 412 g/mol. The van der Waals surface area contributed by atoms with Crippen LogP contribution in [-0.4, -0.2) is 41.9 Å². The molecule has 27 heavy (non-hydrogen) atoms. The number of carbonyl (C=O) groups is 1. The number of piperazine rings is 1. The monoisotopic (exact) mass is 433 g/mol. The topological polar surface area (TPSA) is 49.6 Å². The van der Waals surface area contributed by atoms with Crippen molar-refractivity contribution < 1.29 is 9.18 Å². The van der Waals surface area contributed by atoms with Crippen LogP contribution in [0.2, 0.25) is 5.02 Å². The number of aryl methyl sites for hydroxylation is 1. The number of amides is 1. The van der Waals surface area contributed by atoms with Crippen molar-refractivity contribution in [1.82, 2.24) is 9.80 Å². The molecule has 0 spiro atoms. The Kier molecular flexibility index (Phi) is 8.82. The number of nitrogen functional groups attached to an aromatic ring is 1. The van der Waals surface area contributed by atoms with Gasteiger partial charge in [0.25, 0.3) is 5.91 Å². The van der Waals surface area contributed by atoms with E-state index in [9.17, 15) is 9.18 Å². The van der Waals surface area contributed by atoms with E-state index in [2.05, 4.69) is 4.90 Å². The van der Waals surface area contributed by atoms with E-state index in [0.29, 0.717) is 54.6 Å². The Morgan fingerprint density at radius 2 is 1.81 bits per heavy atom. The molecule has 0 unspecified atom stereocenters. The summed E-state index contributed by atoms with van der Waals surface area (Å²) >= 11 is 6.10. The first-order valence-electron chi connectivity index (χ1n) is 8.26. The second-order valence-electron chi connectivity index (χ2n) is 6.34. The van der Waals surface area contributed by atoms with E-state index in [4.69, 9.17) is 17.3 Å². The zero-order chi connectivity index (χ0) is 18.0. The molecule has 3 rings (SSSR count). The molecule has 2 N–H and O–H groups in total. The molecule has 0 bridgehead atoms. The maximum absolute atomic E-state index is 13.9. The minimum Gasteiger partial charge on any atom is -0.399 e. The van der Waals surface area contributed by atoms with Crippen molar-refractivity contribution >= 4 is 48.0 Å². The van der Waals surface area contributed by atoms with E-state index in [1.165, 1.54) is 6.07 Å². The number of hydrogen-bond acceptors (Lipinski definition) is 3. The van der Waals surface area contributed by atoms with Gasteiger partial charge in [-0.05, 0) is 36.8 Å². The van der Waals surface area contributed by atoms with Crippen molar-refractivity contribution in [1.29, 1.82) is 0 Å². The van der Waals surface area contributed by atoms with Crippen LogP contribution in [0.3, 0.4) is 0 Å². The average Bonchev–Trinajstić information content (AvgIpc) is 2.60. The molecule has 0 aromatic heterocycles. The Labute approximate surface area is 176 Å². The van der Waals surface area contributed by atoms with E-state index in [-0.39, 0.29) is 36.5 Å². The molecule has 1 heterocycles. The quantitative estimate of drug-likeness (QED) is 0.738. The molecule has 0 saturated carbocycles. The molecule has 2 aromatic carbocycles. The Hall–Kier alpha value is -1.53. The van der Waals surface area contributed by atoms with Gasteiger partial charge in [0.15, 0.2) is 0 Å². The molecule has 8 heteroatoms. The van der Waals surface area contributed by atoms with Crippen molar-refractivity contribution in [3.8, 4) is 0 Å². The van der Waals surface area contributed by atoms with Crippen LogP contribution in [0.4, 0.5) is 10.1 Å². The fourth-order valence-corrected chi connectivity index (χ4v) is 3.28. The zero-order valence-corrected chi connectivity index (χ0v) is 17.3. The first kappa shape index (κ1) is 23.5. The lowest BCUT2D eigenvalue weighted by molar-refractivity contribution is 0.0626. The van der Waals surface area contributed by atoms with E-state index in [1.807, 2.05) is 17.9 Å². The fraction of sp³-hybridized carbons (Fsp3) is 0.316. The summed E-state index contributed by atoms with van der Waals surface area (Å²) in [4.78, 5) is 16.6. The highest BCUT2D eigenvalue weighted by atomic mass is 35.5. The summed E-state index contributed by atoms with van der Waals surface area (Å²) in [6.07, 6.45) is 0. The molecule has 0 radical (unpaired) electrons. The van der Waals surface area contributed by atoms with E-state index in [0.717, 1.165) is 5.56 Å². The maximum atomic E-state index is 13.9. The minimum absolute atomic E-state index is 0. The Bertz CT molecular complexity index is 776. The molecule has 1 fully saturated rings. The molecule has 1 amide bonds. The SMILES string of the molecule is Cc1ccc(N)cc1C(=O)N1CCN(Cc2c(F)cccc2Cl)CC1.Cl.Cl. The Morgan fingerprint density at radius 1 is 1.15 bits per heavy atom. The lowest BCUT2D eigenvalue weighted by Crippen LogP contribution is -2.48. The van der Waals surface area contributed by atoms with Crippen LogP contribution in [0.15, 0.2) is 36.4 Å². The van der Waals surface area contributed by atoms with Crippen LogP contribution in [0.25, 0.3) is 0 Å². The van der Waals surface area contributed by atoms with Crippen LogP contribution >= 0.6 is 36.4 Å². The number of hydrogen-bond donors (Lipinski definition) is 1. The number of halogens is 4. The van der Waals surface area contributed by atoms with E-state index < -0.39 is 0 Å². The van der Waals surface area contributed by atoms with Crippen molar-refractivity contribution in [2.45, 2.75) is 13.5 Å². The van der Waals surface area contributed by atoms with Gasteiger partial charge in [0.05, 0.1) is 0 Å². The summed E-state index contributed by atoms with van der Waals surface area (Å²) in [6.45, 7) is 4.90. The number of carbonyl (C=O) groups excluding carboxylic acids is 1. The highest BCUT2D eigenvalue weighted by Crippen LogP contribution is 2.22. The molecule has 148 valence electrons. The normalized spacial score (nSPS) is 14.3. The number of benzene rings is 2. The summed E-state index contributed by atoms with van der Waals surface area (Å²) in [7, 11) is 0. The average molecular weight is 435 g/mol. The molecule has 0 atom stereocenters. The predicted molar refractivity (Wildman–Crippen MR) is 113 cm³/mol. The number of rotatable bonds is 3. The van der Waals surface area contributed by atoms with Gasteiger partial charge in [0.1, 0.15) is 5.82 Å². The van der Waals surface area contributed by atoms with Gasteiger partial charge in [-0.2, -0.15) is 0 Å². The third-order valence-electron chi connectivity index (χ3n) is 4.59. The van der Waals surface area contributed by atoms with Gasteiger partial charge in [-0.1, -0.05) is 23.7 Å². The predicted octanol–water partition coefficient (Wildman–Crippen LogP) is 4.17. The van der Waals surface area contributed by atoms with Crippen molar-refractivity contribution in [3.05, 3.63) is 63.9 Å². The van der Waals surface area contributed by atoms with Gasteiger partial charge in [-0.25, -0.2) is 4.39 Å². The largest absolute Gasteiger partial charge is 0.399 e.